The van der Waals surface area contributed by atoms with Crippen LogP contribution in [0.5, 0.6) is 5.88 Å². The molecule has 0 radical (unpaired) electrons. The average Bonchev–Trinajstić information content (AvgIpc) is 3.09. The largest absolute Gasteiger partial charge is 0.481 e. The van der Waals surface area contributed by atoms with Crippen molar-refractivity contribution >= 4 is 0 Å². The van der Waals surface area contributed by atoms with Gasteiger partial charge in [-0.05, 0) is 6.07 Å². The summed E-state index contributed by atoms with van der Waals surface area (Å²) >= 11 is 0. The summed E-state index contributed by atoms with van der Waals surface area (Å²) in [5, 5.41) is 0. The minimum absolute atomic E-state index is 0.585. The Bertz CT molecular complexity index is 627. The lowest BCUT2D eigenvalue weighted by Crippen LogP contribution is -1.97. The van der Waals surface area contributed by atoms with E-state index in [0.29, 0.717) is 5.88 Å². The molecule has 3 aromatic heterocycles. The van der Waals surface area contributed by atoms with Crippen LogP contribution in [0.3, 0.4) is 0 Å². The van der Waals surface area contributed by atoms with E-state index in [4.69, 9.17) is 4.74 Å². The van der Waals surface area contributed by atoms with Gasteiger partial charge >= 0.3 is 0 Å². The number of nitrogens with one attached hydrogen (secondary N) is 1. The van der Waals surface area contributed by atoms with Gasteiger partial charge < -0.3 is 9.72 Å². The fourth-order valence-electron chi connectivity index (χ4n) is 1.72. The second-order valence-electron chi connectivity index (χ2n) is 3.64. The van der Waals surface area contributed by atoms with Crippen molar-refractivity contribution in [1.82, 2.24) is 24.5 Å². The van der Waals surface area contributed by atoms with Crippen molar-refractivity contribution in [3.63, 3.8) is 0 Å². The number of methoxy groups -OCH3 is 1. The minimum Gasteiger partial charge on any atom is -0.481 e. The summed E-state index contributed by atoms with van der Waals surface area (Å²) in [4.78, 5) is 15.5. The lowest BCUT2D eigenvalue weighted by molar-refractivity contribution is 0.398. The highest BCUT2D eigenvalue weighted by atomic mass is 16.5. The molecular formula is C12H11N5O. The minimum atomic E-state index is 0.585. The molecular weight excluding hydrogens is 230 g/mol. The van der Waals surface area contributed by atoms with E-state index in [9.17, 15) is 0 Å². The van der Waals surface area contributed by atoms with Gasteiger partial charge in [0.2, 0.25) is 5.88 Å². The Balaban J connectivity index is 2.04. The van der Waals surface area contributed by atoms with E-state index in [-0.39, 0.29) is 0 Å². The van der Waals surface area contributed by atoms with Crippen molar-refractivity contribution in [1.29, 1.82) is 0 Å². The molecule has 1 N–H and O–H groups in total. The summed E-state index contributed by atoms with van der Waals surface area (Å²) in [6, 6.07) is 3.74. The fraction of sp³-hybridized carbons (Fsp3) is 0.0833. The summed E-state index contributed by atoms with van der Waals surface area (Å²) in [5.41, 5.74) is 1.77. The SMILES string of the molecule is COc1ccc(-n2ccnc2-c2cnc[nH]2)cn1. The number of rotatable bonds is 3. The first-order valence-electron chi connectivity index (χ1n) is 5.41. The molecule has 3 rings (SSSR count). The molecule has 0 bridgehead atoms. The van der Waals surface area contributed by atoms with Gasteiger partial charge in [-0.25, -0.2) is 15.0 Å². The molecule has 90 valence electrons. The first-order valence-corrected chi connectivity index (χ1v) is 5.41. The number of hydrogen-bond donors (Lipinski definition) is 1. The van der Waals surface area contributed by atoms with E-state index >= 15 is 0 Å². The highest BCUT2D eigenvalue weighted by Gasteiger charge is 2.08. The van der Waals surface area contributed by atoms with Crippen LogP contribution in [-0.4, -0.2) is 31.6 Å². The summed E-state index contributed by atoms with van der Waals surface area (Å²) in [6.07, 6.45) is 8.71. The fourth-order valence-corrected chi connectivity index (χ4v) is 1.72. The number of aromatic amines is 1. The van der Waals surface area contributed by atoms with Crippen LogP contribution in [0.4, 0.5) is 0 Å². The van der Waals surface area contributed by atoms with Crippen molar-refractivity contribution in [2.24, 2.45) is 0 Å². The van der Waals surface area contributed by atoms with Crippen molar-refractivity contribution in [3.8, 4) is 23.1 Å². The molecule has 3 heterocycles. The van der Waals surface area contributed by atoms with Gasteiger partial charge in [-0.3, -0.25) is 4.57 Å². The van der Waals surface area contributed by atoms with E-state index < -0.39 is 0 Å². The predicted molar refractivity (Wildman–Crippen MR) is 65.5 cm³/mol. The van der Waals surface area contributed by atoms with E-state index in [0.717, 1.165) is 17.2 Å². The highest BCUT2D eigenvalue weighted by molar-refractivity contribution is 5.52. The van der Waals surface area contributed by atoms with Crippen molar-refractivity contribution in [2.45, 2.75) is 0 Å². The van der Waals surface area contributed by atoms with Crippen LogP contribution >= 0.6 is 0 Å². The van der Waals surface area contributed by atoms with Crippen molar-refractivity contribution < 1.29 is 4.74 Å². The maximum Gasteiger partial charge on any atom is 0.213 e. The summed E-state index contributed by atoms with van der Waals surface area (Å²) < 4.78 is 6.97. The number of aromatic nitrogens is 5. The van der Waals surface area contributed by atoms with Crippen LogP contribution in [0.25, 0.3) is 17.2 Å². The van der Waals surface area contributed by atoms with Gasteiger partial charge in [0.05, 0.1) is 31.5 Å². The molecule has 0 spiro atoms. The molecule has 3 aromatic rings. The van der Waals surface area contributed by atoms with Crippen LogP contribution in [-0.2, 0) is 0 Å². The highest BCUT2D eigenvalue weighted by Crippen LogP contribution is 2.19. The van der Waals surface area contributed by atoms with Crippen LogP contribution < -0.4 is 4.74 Å². The molecule has 0 amide bonds. The van der Waals surface area contributed by atoms with E-state index in [2.05, 4.69) is 19.9 Å². The molecule has 0 aliphatic carbocycles. The van der Waals surface area contributed by atoms with E-state index in [1.165, 1.54) is 0 Å². The lowest BCUT2D eigenvalue weighted by Gasteiger charge is -2.06. The topological polar surface area (TPSA) is 68.6 Å². The summed E-state index contributed by atoms with van der Waals surface area (Å²) in [5.74, 6) is 1.38. The third-order valence-electron chi connectivity index (χ3n) is 2.59. The zero-order valence-corrected chi connectivity index (χ0v) is 9.74. The quantitative estimate of drug-likeness (QED) is 0.757. The summed E-state index contributed by atoms with van der Waals surface area (Å²) in [7, 11) is 1.59. The Labute approximate surface area is 103 Å². The normalized spacial score (nSPS) is 10.5. The van der Waals surface area contributed by atoms with Crippen LogP contribution in [0.2, 0.25) is 0 Å². The van der Waals surface area contributed by atoms with Gasteiger partial charge in [0.1, 0.15) is 5.69 Å². The van der Waals surface area contributed by atoms with Gasteiger partial charge in [-0.2, -0.15) is 0 Å². The Morgan fingerprint density at radius 1 is 1.22 bits per heavy atom. The number of imidazole rings is 2. The predicted octanol–water partition coefficient (Wildman–Crippen LogP) is 1.67. The van der Waals surface area contributed by atoms with E-state index in [1.54, 1.807) is 32.0 Å². The lowest BCUT2D eigenvalue weighted by atomic mass is 10.3. The van der Waals surface area contributed by atoms with Gasteiger partial charge in [-0.15, -0.1) is 0 Å². The molecule has 0 aromatic carbocycles. The molecule has 6 nitrogen and oxygen atoms in total. The molecule has 6 heteroatoms. The molecule has 0 aliphatic heterocycles. The molecule has 0 unspecified atom stereocenters. The molecule has 0 aliphatic rings. The number of ether oxygens (including phenoxy) is 1. The van der Waals surface area contributed by atoms with Crippen molar-refractivity contribution in [3.05, 3.63) is 43.2 Å². The molecule has 0 fully saturated rings. The maximum absolute atomic E-state index is 5.04. The molecule has 0 atom stereocenters. The Kier molecular flexibility index (Phi) is 2.53. The molecule has 0 saturated heterocycles. The number of nitrogens with zero attached hydrogens (tertiary/aromatic N) is 4. The second-order valence-corrected chi connectivity index (χ2v) is 3.64. The van der Waals surface area contributed by atoms with Gasteiger partial charge in [0, 0.05) is 18.5 Å². The van der Waals surface area contributed by atoms with Crippen LogP contribution in [0.1, 0.15) is 0 Å². The summed E-state index contributed by atoms with van der Waals surface area (Å²) in [6.45, 7) is 0. The monoisotopic (exact) mass is 241 g/mol. The number of H-pyrrole nitrogens is 1. The number of hydrogen-bond acceptors (Lipinski definition) is 4. The zero-order valence-electron chi connectivity index (χ0n) is 9.74. The zero-order chi connectivity index (χ0) is 12.4. The van der Waals surface area contributed by atoms with Gasteiger partial charge in [0.15, 0.2) is 5.82 Å². The molecule has 18 heavy (non-hydrogen) atoms. The van der Waals surface area contributed by atoms with Gasteiger partial charge in [-0.1, -0.05) is 0 Å². The third-order valence-corrected chi connectivity index (χ3v) is 2.59. The Morgan fingerprint density at radius 3 is 2.83 bits per heavy atom. The van der Waals surface area contributed by atoms with Crippen LogP contribution in [0.15, 0.2) is 43.2 Å². The van der Waals surface area contributed by atoms with Crippen molar-refractivity contribution in [2.75, 3.05) is 7.11 Å². The van der Waals surface area contributed by atoms with Crippen LogP contribution in [0, 0.1) is 0 Å². The third kappa shape index (κ3) is 1.73. The Morgan fingerprint density at radius 2 is 2.17 bits per heavy atom. The maximum atomic E-state index is 5.04. The van der Waals surface area contributed by atoms with Gasteiger partial charge in [0.25, 0.3) is 0 Å². The first kappa shape index (κ1) is 10.5. The first-order chi connectivity index (χ1) is 8.88. The second kappa shape index (κ2) is 4.33. The van der Waals surface area contributed by atoms with E-state index in [1.807, 2.05) is 22.9 Å². The standard InChI is InChI=1S/C12H11N5O/c1-18-11-3-2-9(6-15-11)17-5-4-14-12(17)10-7-13-8-16-10/h2-8H,1H3,(H,13,16). The average molecular weight is 241 g/mol. The Hall–Kier alpha value is -2.63. The number of pyridine rings is 1. The smallest absolute Gasteiger partial charge is 0.213 e. The molecule has 0 saturated carbocycles.